The number of rotatable bonds is 5. The molecule has 0 saturated carbocycles. The molecule has 26 heavy (non-hydrogen) atoms. The van der Waals surface area contributed by atoms with E-state index in [-0.39, 0.29) is 28.6 Å². The summed E-state index contributed by atoms with van der Waals surface area (Å²) in [7, 11) is -3.72. The Bertz CT molecular complexity index is 913. The van der Waals surface area contributed by atoms with Gasteiger partial charge in [-0.3, -0.25) is 10.1 Å². The average Bonchev–Trinajstić information content (AvgIpc) is 3.10. The number of carbonyl (C=O) groups excluding carboxylic acids is 1. The number of ether oxygens (including phenoxy) is 1. The Hall–Kier alpha value is -1.24. The first kappa shape index (κ1) is 19.5. The molecule has 1 saturated heterocycles. The lowest BCUT2D eigenvalue weighted by molar-refractivity contribution is 0.0730. The number of nitrogens with zero attached hydrogens (tertiary/aromatic N) is 3. The number of hydrogen-bond donors (Lipinski definition) is 1. The molecule has 1 aliphatic heterocycles. The van der Waals surface area contributed by atoms with Crippen LogP contribution in [0.15, 0.2) is 27.4 Å². The van der Waals surface area contributed by atoms with E-state index in [0.717, 1.165) is 0 Å². The number of halogens is 1. The maximum atomic E-state index is 12.7. The van der Waals surface area contributed by atoms with Crippen LogP contribution in [0.5, 0.6) is 0 Å². The molecule has 8 nitrogen and oxygen atoms in total. The van der Waals surface area contributed by atoms with Gasteiger partial charge < -0.3 is 4.74 Å². The van der Waals surface area contributed by atoms with Crippen molar-refractivity contribution in [1.29, 1.82) is 0 Å². The Morgan fingerprint density at radius 1 is 1.35 bits per heavy atom. The van der Waals surface area contributed by atoms with Crippen molar-refractivity contribution in [2.75, 3.05) is 37.9 Å². The van der Waals surface area contributed by atoms with Crippen molar-refractivity contribution in [2.24, 2.45) is 0 Å². The lowest BCUT2D eigenvalue weighted by atomic mass is 10.2. The lowest BCUT2D eigenvalue weighted by Gasteiger charge is -2.26. The number of thioether (sulfide) groups is 1. The Morgan fingerprint density at radius 2 is 2.08 bits per heavy atom. The minimum atomic E-state index is -3.72. The van der Waals surface area contributed by atoms with E-state index in [2.05, 4.69) is 15.5 Å². The highest BCUT2D eigenvalue weighted by atomic mass is 35.5. The molecule has 1 fully saturated rings. The predicted molar refractivity (Wildman–Crippen MR) is 101 cm³/mol. The third-order valence-corrected chi connectivity index (χ3v) is 7.63. The van der Waals surface area contributed by atoms with Gasteiger partial charge in [-0.15, -0.1) is 10.2 Å². The molecule has 0 spiro atoms. The Balaban J connectivity index is 1.86. The van der Waals surface area contributed by atoms with Crippen molar-refractivity contribution >= 4 is 55.8 Å². The fourth-order valence-electron chi connectivity index (χ4n) is 2.28. The van der Waals surface area contributed by atoms with Gasteiger partial charge in [0.15, 0.2) is 4.34 Å². The Morgan fingerprint density at radius 3 is 2.73 bits per heavy atom. The second-order valence-corrected chi connectivity index (χ2v) is 9.57. The molecular weight excluding hydrogens is 420 g/mol. The number of aromatic nitrogens is 2. The van der Waals surface area contributed by atoms with E-state index >= 15 is 0 Å². The predicted octanol–water partition coefficient (Wildman–Crippen LogP) is 2.19. The largest absolute Gasteiger partial charge is 0.379 e. The number of benzene rings is 1. The zero-order valence-electron chi connectivity index (χ0n) is 13.6. The monoisotopic (exact) mass is 434 g/mol. The summed E-state index contributed by atoms with van der Waals surface area (Å²) in [4.78, 5) is 12.5. The molecule has 2 aromatic rings. The van der Waals surface area contributed by atoms with E-state index in [1.165, 1.54) is 45.6 Å². The van der Waals surface area contributed by atoms with Crippen LogP contribution in [0.3, 0.4) is 0 Å². The first-order chi connectivity index (χ1) is 12.4. The van der Waals surface area contributed by atoms with Crippen LogP contribution in [0.25, 0.3) is 0 Å². The third kappa shape index (κ3) is 4.18. The minimum absolute atomic E-state index is 0.0102. The molecule has 1 aromatic heterocycles. The van der Waals surface area contributed by atoms with Crippen LogP contribution in [-0.2, 0) is 14.8 Å². The number of amides is 1. The van der Waals surface area contributed by atoms with E-state index in [4.69, 9.17) is 16.3 Å². The zero-order chi connectivity index (χ0) is 18.7. The summed E-state index contributed by atoms with van der Waals surface area (Å²) >= 11 is 8.73. The summed E-state index contributed by atoms with van der Waals surface area (Å²) < 4.78 is 32.7. The number of morpholine rings is 1. The van der Waals surface area contributed by atoms with Crippen molar-refractivity contribution in [3.63, 3.8) is 0 Å². The number of carbonyl (C=O) groups is 1. The average molecular weight is 435 g/mol. The lowest BCUT2D eigenvalue weighted by Crippen LogP contribution is -2.40. The molecule has 0 atom stereocenters. The molecule has 12 heteroatoms. The molecule has 0 aliphatic carbocycles. The van der Waals surface area contributed by atoms with Crippen LogP contribution in [0.4, 0.5) is 5.13 Å². The van der Waals surface area contributed by atoms with Crippen molar-refractivity contribution in [1.82, 2.24) is 14.5 Å². The van der Waals surface area contributed by atoms with Gasteiger partial charge >= 0.3 is 0 Å². The maximum absolute atomic E-state index is 12.7. The van der Waals surface area contributed by atoms with E-state index in [1.54, 1.807) is 0 Å². The SMILES string of the molecule is CSc1nnc(NC(=O)c2cc(S(=O)(=O)N3CCOCC3)ccc2Cl)s1. The van der Waals surface area contributed by atoms with Crippen LogP contribution in [0.1, 0.15) is 10.4 Å². The molecule has 1 N–H and O–H groups in total. The molecule has 1 amide bonds. The first-order valence-corrected chi connectivity index (χ1v) is 11.3. The number of anilines is 1. The zero-order valence-corrected chi connectivity index (χ0v) is 16.8. The second kappa shape index (κ2) is 8.19. The maximum Gasteiger partial charge on any atom is 0.259 e. The summed E-state index contributed by atoms with van der Waals surface area (Å²) in [5.74, 6) is -0.544. The third-order valence-electron chi connectivity index (χ3n) is 3.59. The van der Waals surface area contributed by atoms with Crippen LogP contribution >= 0.6 is 34.7 Å². The summed E-state index contributed by atoms with van der Waals surface area (Å²) in [6, 6.07) is 4.07. The first-order valence-electron chi connectivity index (χ1n) is 7.48. The van der Waals surface area contributed by atoms with Gasteiger partial charge in [-0.2, -0.15) is 4.31 Å². The summed E-state index contributed by atoms with van der Waals surface area (Å²) in [6.45, 7) is 1.23. The van der Waals surface area contributed by atoms with E-state index in [1.807, 2.05) is 6.26 Å². The fraction of sp³-hybridized carbons (Fsp3) is 0.357. The molecule has 0 unspecified atom stereocenters. The summed E-state index contributed by atoms with van der Waals surface area (Å²) in [5, 5.41) is 10.8. The van der Waals surface area contributed by atoms with Gasteiger partial charge in [0.1, 0.15) is 0 Å². The Kier molecular flexibility index (Phi) is 6.15. The van der Waals surface area contributed by atoms with Crippen molar-refractivity contribution in [3.05, 3.63) is 28.8 Å². The highest BCUT2D eigenvalue weighted by molar-refractivity contribution is 8.00. The quantitative estimate of drug-likeness (QED) is 0.568. The number of hydrogen-bond acceptors (Lipinski definition) is 8. The van der Waals surface area contributed by atoms with E-state index in [0.29, 0.717) is 22.7 Å². The fourth-order valence-corrected chi connectivity index (χ4v) is 5.09. The molecule has 2 heterocycles. The molecule has 1 aromatic carbocycles. The topological polar surface area (TPSA) is 101 Å². The van der Waals surface area contributed by atoms with Gasteiger partial charge in [0, 0.05) is 13.1 Å². The van der Waals surface area contributed by atoms with E-state index < -0.39 is 15.9 Å². The van der Waals surface area contributed by atoms with Crippen molar-refractivity contribution in [3.8, 4) is 0 Å². The smallest absolute Gasteiger partial charge is 0.259 e. The molecule has 0 bridgehead atoms. The van der Waals surface area contributed by atoms with Gasteiger partial charge in [0.2, 0.25) is 15.2 Å². The number of sulfonamides is 1. The van der Waals surface area contributed by atoms with Crippen LogP contribution in [-0.4, -0.2) is 61.4 Å². The van der Waals surface area contributed by atoms with Gasteiger partial charge in [0.25, 0.3) is 5.91 Å². The standard InChI is InChI=1S/C14H15ClN4O4S3/c1-24-14-18-17-13(25-14)16-12(20)10-8-9(2-3-11(10)15)26(21,22)19-4-6-23-7-5-19/h2-3,8H,4-7H2,1H3,(H,16,17,20). The van der Waals surface area contributed by atoms with Crippen LogP contribution in [0, 0.1) is 0 Å². The highest BCUT2D eigenvalue weighted by Crippen LogP contribution is 2.26. The van der Waals surface area contributed by atoms with Gasteiger partial charge in [-0.25, -0.2) is 8.42 Å². The molecule has 0 radical (unpaired) electrons. The van der Waals surface area contributed by atoms with Gasteiger partial charge in [0.05, 0.1) is 28.7 Å². The molecule has 3 rings (SSSR count). The molecule has 140 valence electrons. The highest BCUT2D eigenvalue weighted by Gasteiger charge is 2.27. The van der Waals surface area contributed by atoms with Crippen LogP contribution in [0.2, 0.25) is 5.02 Å². The minimum Gasteiger partial charge on any atom is -0.379 e. The number of nitrogens with one attached hydrogen (secondary N) is 1. The van der Waals surface area contributed by atoms with Gasteiger partial charge in [-0.1, -0.05) is 34.7 Å². The summed E-state index contributed by atoms with van der Waals surface area (Å²) in [6.07, 6.45) is 1.85. The van der Waals surface area contributed by atoms with Gasteiger partial charge in [-0.05, 0) is 24.5 Å². The van der Waals surface area contributed by atoms with Crippen molar-refractivity contribution in [2.45, 2.75) is 9.24 Å². The Labute approximate surface area is 163 Å². The molecular formula is C14H15ClN4O4S3. The second-order valence-electron chi connectivity index (χ2n) is 5.19. The van der Waals surface area contributed by atoms with E-state index in [9.17, 15) is 13.2 Å². The van der Waals surface area contributed by atoms with Crippen LogP contribution < -0.4 is 5.32 Å². The molecule has 1 aliphatic rings. The normalized spacial score (nSPS) is 15.8. The van der Waals surface area contributed by atoms with Crippen molar-refractivity contribution < 1.29 is 17.9 Å². The summed E-state index contributed by atoms with van der Waals surface area (Å²) in [5.41, 5.74) is 0.0573.